The Hall–Kier alpha value is -1.16. The number of benzene rings is 1. The van der Waals surface area contributed by atoms with E-state index in [0.717, 1.165) is 26.2 Å². The second kappa shape index (κ2) is 11.5. The van der Waals surface area contributed by atoms with E-state index >= 15 is 0 Å². The van der Waals surface area contributed by atoms with Crippen LogP contribution < -0.4 is 15.4 Å². The molecular weight excluding hydrogens is 441 g/mol. The summed E-state index contributed by atoms with van der Waals surface area (Å²) in [5, 5.41) is 6.52. The van der Waals surface area contributed by atoms with Crippen molar-refractivity contribution in [3.8, 4) is 5.75 Å². The molecule has 5 nitrogen and oxygen atoms in total. The zero-order chi connectivity index (χ0) is 17.4. The van der Waals surface area contributed by atoms with Crippen molar-refractivity contribution in [1.82, 2.24) is 15.5 Å². The van der Waals surface area contributed by atoms with Crippen molar-refractivity contribution in [2.24, 2.45) is 10.9 Å². The van der Waals surface area contributed by atoms with Gasteiger partial charge in [-0.1, -0.05) is 18.2 Å². The molecule has 1 unspecified atom stereocenters. The number of nitrogens with one attached hydrogen (secondary N) is 2. The summed E-state index contributed by atoms with van der Waals surface area (Å²) in [5.74, 6) is 1.47. The highest BCUT2D eigenvalue weighted by Gasteiger charge is 2.19. The van der Waals surface area contributed by atoms with Crippen molar-refractivity contribution in [2.75, 3.05) is 33.2 Å². The smallest absolute Gasteiger partial charge is 0.387 e. The highest BCUT2D eigenvalue weighted by Crippen LogP contribution is 2.21. The van der Waals surface area contributed by atoms with Crippen LogP contribution in [0.1, 0.15) is 18.9 Å². The number of halogens is 3. The average Bonchev–Trinajstić information content (AvgIpc) is 2.96. The first-order valence-electron chi connectivity index (χ1n) is 8.32. The van der Waals surface area contributed by atoms with E-state index in [4.69, 9.17) is 0 Å². The van der Waals surface area contributed by atoms with Gasteiger partial charge in [-0.25, -0.2) is 4.99 Å². The molecule has 1 aliphatic heterocycles. The van der Waals surface area contributed by atoms with Gasteiger partial charge in [-0.2, -0.15) is 8.78 Å². The monoisotopic (exact) mass is 468 g/mol. The molecule has 2 N–H and O–H groups in total. The van der Waals surface area contributed by atoms with Crippen LogP contribution in [0.3, 0.4) is 0 Å². The molecule has 1 aromatic carbocycles. The molecule has 0 amide bonds. The van der Waals surface area contributed by atoms with Gasteiger partial charge in [0.2, 0.25) is 0 Å². The van der Waals surface area contributed by atoms with Crippen LogP contribution in [0, 0.1) is 5.92 Å². The predicted octanol–water partition coefficient (Wildman–Crippen LogP) is 2.91. The van der Waals surface area contributed by atoms with Crippen LogP contribution in [0.25, 0.3) is 0 Å². The maximum Gasteiger partial charge on any atom is 0.387 e. The zero-order valence-electron chi connectivity index (χ0n) is 14.7. The van der Waals surface area contributed by atoms with Gasteiger partial charge in [-0.3, -0.25) is 0 Å². The van der Waals surface area contributed by atoms with Crippen LogP contribution >= 0.6 is 24.0 Å². The number of nitrogens with zero attached hydrogens (tertiary/aromatic N) is 2. The second-order valence-corrected chi connectivity index (χ2v) is 5.98. The minimum Gasteiger partial charge on any atom is -0.434 e. The van der Waals surface area contributed by atoms with Gasteiger partial charge in [0, 0.05) is 25.2 Å². The molecule has 0 radical (unpaired) electrons. The predicted molar refractivity (Wildman–Crippen MR) is 107 cm³/mol. The van der Waals surface area contributed by atoms with E-state index in [1.807, 2.05) is 6.92 Å². The molecule has 0 spiro atoms. The van der Waals surface area contributed by atoms with Gasteiger partial charge >= 0.3 is 6.61 Å². The highest BCUT2D eigenvalue weighted by molar-refractivity contribution is 14.0. The number of guanidine groups is 1. The molecule has 1 aliphatic rings. The van der Waals surface area contributed by atoms with E-state index in [2.05, 4.69) is 32.3 Å². The topological polar surface area (TPSA) is 48.9 Å². The zero-order valence-corrected chi connectivity index (χ0v) is 17.0. The molecule has 0 saturated carbocycles. The Morgan fingerprint density at radius 3 is 2.76 bits per heavy atom. The third kappa shape index (κ3) is 7.72. The third-order valence-electron chi connectivity index (χ3n) is 3.99. The number of likely N-dealkylation sites (tertiary alicyclic amines) is 1. The van der Waals surface area contributed by atoms with Crippen molar-refractivity contribution >= 4 is 29.9 Å². The molecule has 8 heteroatoms. The normalized spacial score (nSPS) is 18.1. The number of alkyl halides is 2. The Bertz CT molecular complexity index is 545. The van der Waals surface area contributed by atoms with Crippen LogP contribution in [0.4, 0.5) is 8.78 Å². The van der Waals surface area contributed by atoms with E-state index in [1.54, 1.807) is 18.2 Å². The van der Waals surface area contributed by atoms with Crippen molar-refractivity contribution < 1.29 is 13.5 Å². The SMILES string of the molecule is CCNC(=NCc1ccccc1OC(F)F)NCC1CCN(C)C1.I. The Morgan fingerprint density at radius 1 is 1.36 bits per heavy atom. The molecule has 1 heterocycles. The molecule has 25 heavy (non-hydrogen) atoms. The standard InChI is InChI=1S/C17H26F2N4O.HI/c1-3-20-17(21-10-13-8-9-23(2)12-13)22-11-14-6-4-5-7-15(14)24-16(18)19;/h4-7,13,16H,3,8-12H2,1-2H3,(H2,20,21,22);1H. The lowest BCUT2D eigenvalue weighted by atomic mass is 10.1. The summed E-state index contributed by atoms with van der Waals surface area (Å²) >= 11 is 0. The molecule has 1 fully saturated rings. The summed E-state index contributed by atoms with van der Waals surface area (Å²) in [6.45, 7) is 3.24. The van der Waals surface area contributed by atoms with Gasteiger partial charge in [0.05, 0.1) is 6.54 Å². The second-order valence-electron chi connectivity index (χ2n) is 5.98. The van der Waals surface area contributed by atoms with E-state index in [1.165, 1.54) is 12.5 Å². The molecule has 1 saturated heterocycles. The molecule has 0 bridgehead atoms. The summed E-state index contributed by atoms with van der Waals surface area (Å²) in [6, 6.07) is 6.74. The number of hydrogen-bond acceptors (Lipinski definition) is 3. The number of rotatable bonds is 7. The van der Waals surface area contributed by atoms with Gasteiger partial charge < -0.3 is 20.3 Å². The van der Waals surface area contributed by atoms with Crippen molar-refractivity contribution in [1.29, 1.82) is 0 Å². The molecule has 0 aliphatic carbocycles. The van der Waals surface area contributed by atoms with Gasteiger partial charge in [-0.05, 0) is 38.9 Å². The summed E-state index contributed by atoms with van der Waals surface area (Å²) < 4.78 is 29.5. The first-order valence-corrected chi connectivity index (χ1v) is 8.32. The van der Waals surface area contributed by atoms with Gasteiger partial charge in [-0.15, -0.1) is 24.0 Å². The molecule has 1 aromatic rings. The fourth-order valence-corrected chi connectivity index (χ4v) is 2.79. The largest absolute Gasteiger partial charge is 0.434 e. The molecule has 1 atom stereocenters. The quantitative estimate of drug-likeness (QED) is 0.367. The van der Waals surface area contributed by atoms with Crippen LogP contribution in [0.2, 0.25) is 0 Å². The fourth-order valence-electron chi connectivity index (χ4n) is 2.79. The van der Waals surface area contributed by atoms with E-state index in [-0.39, 0.29) is 36.3 Å². The maximum atomic E-state index is 12.5. The summed E-state index contributed by atoms with van der Waals surface area (Å²) in [5.41, 5.74) is 0.635. The van der Waals surface area contributed by atoms with Crippen LogP contribution in [-0.4, -0.2) is 50.7 Å². The Kier molecular flexibility index (Phi) is 10.0. The lowest BCUT2D eigenvalue weighted by molar-refractivity contribution is -0.0504. The average molecular weight is 468 g/mol. The van der Waals surface area contributed by atoms with Crippen LogP contribution in [-0.2, 0) is 6.54 Å². The van der Waals surface area contributed by atoms with E-state index < -0.39 is 6.61 Å². The molecule has 142 valence electrons. The molecular formula is C17H27F2IN4O. The van der Waals surface area contributed by atoms with Crippen molar-refractivity contribution in [3.63, 3.8) is 0 Å². The van der Waals surface area contributed by atoms with Gasteiger partial charge in [0.25, 0.3) is 0 Å². The maximum absolute atomic E-state index is 12.5. The van der Waals surface area contributed by atoms with Gasteiger partial charge in [0.15, 0.2) is 5.96 Å². The lowest BCUT2D eigenvalue weighted by Gasteiger charge is -2.15. The number of para-hydroxylation sites is 1. The minimum atomic E-state index is -2.83. The van der Waals surface area contributed by atoms with Crippen LogP contribution in [0.15, 0.2) is 29.3 Å². The summed E-state index contributed by atoms with van der Waals surface area (Å²) in [4.78, 5) is 6.80. The fraction of sp³-hybridized carbons (Fsp3) is 0.588. The third-order valence-corrected chi connectivity index (χ3v) is 3.99. The molecule has 2 rings (SSSR count). The van der Waals surface area contributed by atoms with Crippen molar-refractivity contribution in [2.45, 2.75) is 26.5 Å². The van der Waals surface area contributed by atoms with Gasteiger partial charge in [0.1, 0.15) is 5.75 Å². The van der Waals surface area contributed by atoms with Crippen molar-refractivity contribution in [3.05, 3.63) is 29.8 Å². The summed E-state index contributed by atoms with van der Waals surface area (Å²) in [7, 11) is 2.12. The number of ether oxygens (including phenoxy) is 1. The Morgan fingerprint density at radius 2 is 2.12 bits per heavy atom. The first-order chi connectivity index (χ1) is 11.6. The summed E-state index contributed by atoms with van der Waals surface area (Å²) in [6.07, 6.45) is 1.17. The highest BCUT2D eigenvalue weighted by atomic mass is 127. The number of aliphatic imine (C=N–C) groups is 1. The lowest BCUT2D eigenvalue weighted by Crippen LogP contribution is -2.40. The van der Waals surface area contributed by atoms with E-state index in [9.17, 15) is 8.78 Å². The first kappa shape index (κ1) is 21.9. The Labute approximate surface area is 165 Å². The van der Waals surface area contributed by atoms with E-state index in [0.29, 0.717) is 17.4 Å². The van der Waals surface area contributed by atoms with Crippen LogP contribution in [0.5, 0.6) is 5.75 Å². The minimum absolute atomic E-state index is 0. The number of hydrogen-bond donors (Lipinski definition) is 2. The molecule has 0 aromatic heterocycles. The Balaban J connectivity index is 0.00000312.